The molecule has 0 aromatic rings. The van der Waals surface area contributed by atoms with Crippen molar-refractivity contribution >= 4 is 5.97 Å². The standard InChI is InChI=1S/C11H20N2O2/c1-3-5-7-13-9-8-12(6-4-2)10(13)11(14)15/h8-10H,3-7H2,1-2H3,(H,14,15). The second-order valence-electron chi connectivity index (χ2n) is 3.84. The quantitative estimate of drug-likeness (QED) is 0.727. The highest BCUT2D eigenvalue weighted by Crippen LogP contribution is 2.17. The first-order valence-electron chi connectivity index (χ1n) is 5.63. The highest BCUT2D eigenvalue weighted by Gasteiger charge is 2.31. The predicted octanol–water partition coefficient (Wildman–Crippen LogP) is 1.70. The fraction of sp³-hybridized carbons (Fsp3) is 0.727. The van der Waals surface area contributed by atoms with Gasteiger partial charge in [0.2, 0.25) is 6.17 Å². The third-order valence-electron chi connectivity index (χ3n) is 2.55. The number of aliphatic carboxylic acids is 1. The van der Waals surface area contributed by atoms with E-state index >= 15 is 0 Å². The van der Waals surface area contributed by atoms with Crippen molar-refractivity contribution in [3.63, 3.8) is 0 Å². The molecule has 0 bridgehead atoms. The Balaban J connectivity index is 2.58. The largest absolute Gasteiger partial charge is 0.478 e. The molecule has 0 aliphatic carbocycles. The van der Waals surface area contributed by atoms with Crippen LogP contribution >= 0.6 is 0 Å². The van der Waals surface area contributed by atoms with Crippen molar-refractivity contribution in [2.24, 2.45) is 0 Å². The van der Waals surface area contributed by atoms with Crippen LogP contribution in [0.5, 0.6) is 0 Å². The second kappa shape index (κ2) is 5.63. The number of hydrogen-bond donors (Lipinski definition) is 1. The SMILES string of the molecule is CCCCN1C=CN(CCC)C1C(=O)O. The van der Waals surface area contributed by atoms with Gasteiger partial charge in [-0.3, -0.25) is 0 Å². The van der Waals surface area contributed by atoms with E-state index in [4.69, 9.17) is 5.11 Å². The van der Waals surface area contributed by atoms with E-state index < -0.39 is 12.1 Å². The minimum atomic E-state index is -0.760. The zero-order chi connectivity index (χ0) is 11.3. The van der Waals surface area contributed by atoms with Crippen molar-refractivity contribution in [1.29, 1.82) is 0 Å². The van der Waals surface area contributed by atoms with Gasteiger partial charge in [0.1, 0.15) is 0 Å². The summed E-state index contributed by atoms with van der Waals surface area (Å²) in [4.78, 5) is 14.9. The number of carboxylic acid groups (broad SMARTS) is 1. The molecule has 86 valence electrons. The average Bonchev–Trinajstić information content (AvgIpc) is 2.58. The van der Waals surface area contributed by atoms with Gasteiger partial charge in [0.15, 0.2) is 0 Å². The second-order valence-corrected chi connectivity index (χ2v) is 3.84. The lowest BCUT2D eigenvalue weighted by Gasteiger charge is -2.28. The fourth-order valence-corrected chi connectivity index (χ4v) is 1.80. The summed E-state index contributed by atoms with van der Waals surface area (Å²) in [6, 6.07) is 0. The Bertz CT molecular complexity index is 241. The van der Waals surface area contributed by atoms with E-state index in [9.17, 15) is 4.79 Å². The van der Waals surface area contributed by atoms with Crippen LogP contribution in [0.2, 0.25) is 0 Å². The van der Waals surface area contributed by atoms with Crippen molar-refractivity contribution in [3.05, 3.63) is 12.4 Å². The predicted molar refractivity (Wildman–Crippen MR) is 59.2 cm³/mol. The molecule has 0 saturated heterocycles. The summed E-state index contributed by atoms with van der Waals surface area (Å²) in [6.45, 7) is 5.79. The Hall–Kier alpha value is -1.19. The van der Waals surface area contributed by atoms with Gasteiger partial charge < -0.3 is 14.9 Å². The summed E-state index contributed by atoms with van der Waals surface area (Å²) in [5, 5.41) is 9.16. The molecular weight excluding hydrogens is 192 g/mol. The zero-order valence-corrected chi connectivity index (χ0v) is 9.52. The molecule has 1 rings (SSSR count). The molecule has 0 fully saturated rings. The van der Waals surface area contributed by atoms with Crippen LogP contribution in [-0.4, -0.2) is 40.1 Å². The summed E-state index contributed by atoms with van der Waals surface area (Å²) in [6.07, 6.45) is 6.38. The van der Waals surface area contributed by atoms with Gasteiger partial charge >= 0.3 is 5.97 Å². The molecule has 0 amide bonds. The minimum absolute atomic E-state index is 0.489. The molecule has 4 nitrogen and oxygen atoms in total. The third kappa shape index (κ3) is 2.88. The lowest BCUT2D eigenvalue weighted by molar-refractivity contribution is -0.146. The monoisotopic (exact) mass is 212 g/mol. The number of nitrogens with zero attached hydrogens (tertiary/aromatic N) is 2. The summed E-state index contributed by atoms with van der Waals surface area (Å²) in [5.41, 5.74) is 0. The lowest BCUT2D eigenvalue weighted by atomic mass is 10.3. The van der Waals surface area contributed by atoms with Gasteiger partial charge in [-0.2, -0.15) is 0 Å². The maximum Gasteiger partial charge on any atom is 0.347 e. The van der Waals surface area contributed by atoms with Crippen LogP contribution in [0.4, 0.5) is 0 Å². The molecule has 0 aromatic carbocycles. The molecule has 15 heavy (non-hydrogen) atoms. The smallest absolute Gasteiger partial charge is 0.347 e. The molecule has 1 heterocycles. The molecular formula is C11H20N2O2. The molecule has 4 heteroatoms. The molecule has 0 saturated carbocycles. The Kier molecular flexibility index (Phi) is 4.46. The van der Waals surface area contributed by atoms with E-state index in [1.807, 2.05) is 22.2 Å². The maximum atomic E-state index is 11.1. The van der Waals surface area contributed by atoms with Crippen LogP contribution in [0, 0.1) is 0 Å². The Morgan fingerprint density at radius 1 is 1.20 bits per heavy atom. The van der Waals surface area contributed by atoms with Crippen LogP contribution in [0.3, 0.4) is 0 Å². The fourth-order valence-electron chi connectivity index (χ4n) is 1.80. The van der Waals surface area contributed by atoms with E-state index in [2.05, 4.69) is 13.8 Å². The first-order chi connectivity index (χ1) is 7.20. The first-order valence-corrected chi connectivity index (χ1v) is 5.63. The van der Waals surface area contributed by atoms with Crippen molar-refractivity contribution in [2.45, 2.75) is 39.3 Å². The van der Waals surface area contributed by atoms with Crippen molar-refractivity contribution in [2.75, 3.05) is 13.1 Å². The number of unbranched alkanes of at least 4 members (excludes halogenated alkanes) is 1. The van der Waals surface area contributed by atoms with Gasteiger partial charge in [-0.25, -0.2) is 4.79 Å². The van der Waals surface area contributed by atoms with Crippen LogP contribution < -0.4 is 0 Å². The van der Waals surface area contributed by atoms with Crippen LogP contribution in [-0.2, 0) is 4.79 Å². The van der Waals surface area contributed by atoms with Gasteiger partial charge in [-0.15, -0.1) is 0 Å². The molecule has 1 N–H and O–H groups in total. The molecule has 1 aliphatic rings. The zero-order valence-electron chi connectivity index (χ0n) is 9.52. The Morgan fingerprint density at radius 2 is 1.80 bits per heavy atom. The molecule has 1 aliphatic heterocycles. The van der Waals surface area contributed by atoms with E-state index in [1.165, 1.54) is 0 Å². The molecule has 0 aromatic heterocycles. The van der Waals surface area contributed by atoms with Gasteiger partial charge in [0.05, 0.1) is 0 Å². The van der Waals surface area contributed by atoms with Crippen molar-refractivity contribution in [3.8, 4) is 0 Å². The molecule has 0 radical (unpaired) electrons. The van der Waals surface area contributed by atoms with Crippen LogP contribution in [0.15, 0.2) is 12.4 Å². The van der Waals surface area contributed by atoms with E-state index in [-0.39, 0.29) is 0 Å². The first kappa shape index (κ1) is 11.9. The Morgan fingerprint density at radius 3 is 2.27 bits per heavy atom. The Labute approximate surface area is 91.2 Å². The summed E-state index contributed by atoms with van der Waals surface area (Å²) < 4.78 is 0. The normalized spacial score (nSPS) is 20.0. The van der Waals surface area contributed by atoms with Gasteiger partial charge in [-0.1, -0.05) is 20.3 Å². The number of rotatable bonds is 6. The van der Waals surface area contributed by atoms with Gasteiger partial charge in [0.25, 0.3) is 0 Å². The minimum Gasteiger partial charge on any atom is -0.478 e. The van der Waals surface area contributed by atoms with E-state index in [1.54, 1.807) is 0 Å². The lowest BCUT2D eigenvalue weighted by Crippen LogP contribution is -2.45. The highest BCUT2D eigenvalue weighted by molar-refractivity contribution is 5.73. The van der Waals surface area contributed by atoms with Crippen molar-refractivity contribution in [1.82, 2.24) is 9.80 Å². The van der Waals surface area contributed by atoms with Gasteiger partial charge in [-0.05, 0) is 12.8 Å². The van der Waals surface area contributed by atoms with Crippen LogP contribution in [0.1, 0.15) is 33.1 Å². The molecule has 1 unspecified atom stereocenters. The van der Waals surface area contributed by atoms with E-state index in [0.29, 0.717) is 0 Å². The number of carbonyl (C=O) groups is 1. The van der Waals surface area contributed by atoms with Gasteiger partial charge in [0, 0.05) is 25.5 Å². The van der Waals surface area contributed by atoms with Crippen molar-refractivity contribution < 1.29 is 9.90 Å². The average molecular weight is 212 g/mol. The van der Waals surface area contributed by atoms with E-state index in [0.717, 1.165) is 32.4 Å². The maximum absolute atomic E-state index is 11.1. The number of hydrogen-bond acceptors (Lipinski definition) is 3. The summed E-state index contributed by atoms with van der Waals surface area (Å²) >= 11 is 0. The molecule has 0 spiro atoms. The third-order valence-corrected chi connectivity index (χ3v) is 2.55. The topological polar surface area (TPSA) is 43.8 Å². The number of carboxylic acids is 1. The van der Waals surface area contributed by atoms with Crippen LogP contribution in [0.25, 0.3) is 0 Å². The highest BCUT2D eigenvalue weighted by atomic mass is 16.4. The summed E-state index contributed by atoms with van der Waals surface area (Å²) in [7, 11) is 0. The molecule has 1 atom stereocenters. The summed E-state index contributed by atoms with van der Waals surface area (Å²) in [5.74, 6) is -0.760.